The van der Waals surface area contributed by atoms with Crippen molar-refractivity contribution in [3.63, 3.8) is 0 Å². The first kappa shape index (κ1) is 12.5. The first-order valence-corrected chi connectivity index (χ1v) is 6.09. The summed E-state index contributed by atoms with van der Waals surface area (Å²) in [6.07, 6.45) is 4.29. The van der Waals surface area contributed by atoms with Gasteiger partial charge in [0.2, 0.25) is 5.91 Å². The average molecular weight is 243 g/mol. The molecule has 0 saturated heterocycles. The van der Waals surface area contributed by atoms with E-state index in [0.717, 1.165) is 22.9 Å². The van der Waals surface area contributed by atoms with E-state index in [0.29, 0.717) is 6.54 Å². The molecular formula is C14H17N3O. The Balaban J connectivity index is 2.19. The van der Waals surface area contributed by atoms with E-state index in [4.69, 9.17) is 5.73 Å². The van der Waals surface area contributed by atoms with Crippen LogP contribution in [0.15, 0.2) is 36.7 Å². The van der Waals surface area contributed by atoms with Crippen LogP contribution in [0, 0.1) is 5.92 Å². The number of anilines is 1. The predicted octanol–water partition coefficient (Wildman–Crippen LogP) is 2.16. The molecule has 1 atom stereocenters. The summed E-state index contributed by atoms with van der Waals surface area (Å²) in [6, 6.07) is 7.69. The summed E-state index contributed by atoms with van der Waals surface area (Å²) >= 11 is 0. The highest BCUT2D eigenvalue weighted by Gasteiger charge is 2.14. The number of rotatable bonds is 4. The van der Waals surface area contributed by atoms with Gasteiger partial charge in [0.05, 0.1) is 5.92 Å². The van der Waals surface area contributed by atoms with Gasteiger partial charge in [0.1, 0.15) is 0 Å². The number of aromatic nitrogens is 1. The van der Waals surface area contributed by atoms with Crippen molar-refractivity contribution in [3.05, 3.63) is 36.7 Å². The molecule has 4 heteroatoms. The molecule has 0 aliphatic carbocycles. The van der Waals surface area contributed by atoms with Crippen LogP contribution in [-0.2, 0) is 4.79 Å². The van der Waals surface area contributed by atoms with Crippen molar-refractivity contribution in [2.45, 2.75) is 13.3 Å². The summed E-state index contributed by atoms with van der Waals surface area (Å²) in [4.78, 5) is 16.0. The maximum absolute atomic E-state index is 11.9. The lowest BCUT2D eigenvalue weighted by Crippen LogP contribution is -2.28. The number of nitrogens with one attached hydrogen (secondary N) is 1. The number of carbonyl (C=O) groups is 1. The van der Waals surface area contributed by atoms with Gasteiger partial charge in [0, 0.05) is 30.0 Å². The Labute approximate surface area is 106 Å². The molecule has 0 aliphatic rings. The Kier molecular flexibility index (Phi) is 3.89. The third-order valence-electron chi connectivity index (χ3n) is 3.06. The number of hydrogen-bond acceptors (Lipinski definition) is 3. The minimum Gasteiger partial charge on any atom is -0.330 e. The highest BCUT2D eigenvalue weighted by molar-refractivity contribution is 5.95. The van der Waals surface area contributed by atoms with Gasteiger partial charge >= 0.3 is 0 Å². The van der Waals surface area contributed by atoms with E-state index in [2.05, 4.69) is 10.3 Å². The highest BCUT2D eigenvalue weighted by Crippen LogP contribution is 2.18. The van der Waals surface area contributed by atoms with Gasteiger partial charge in [-0.15, -0.1) is 0 Å². The van der Waals surface area contributed by atoms with Crippen molar-refractivity contribution in [1.82, 2.24) is 4.98 Å². The largest absolute Gasteiger partial charge is 0.330 e. The summed E-state index contributed by atoms with van der Waals surface area (Å²) in [6.45, 7) is 2.34. The maximum Gasteiger partial charge on any atom is 0.228 e. The zero-order valence-electron chi connectivity index (χ0n) is 10.4. The fraction of sp³-hybridized carbons (Fsp3) is 0.286. The van der Waals surface area contributed by atoms with Crippen LogP contribution in [0.5, 0.6) is 0 Å². The Morgan fingerprint density at radius 2 is 2.22 bits per heavy atom. The Hall–Kier alpha value is -1.94. The molecule has 0 bridgehead atoms. The molecule has 4 nitrogen and oxygen atoms in total. The molecule has 0 unspecified atom stereocenters. The molecule has 1 aromatic carbocycles. The lowest BCUT2D eigenvalue weighted by molar-refractivity contribution is -0.119. The normalized spacial score (nSPS) is 12.3. The van der Waals surface area contributed by atoms with Crippen molar-refractivity contribution in [2.24, 2.45) is 11.7 Å². The fourth-order valence-electron chi connectivity index (χ4n) is 1.86. The number of carbonyl (C=O) groups excluding carboxylic acids is 1. The van der Waals surface area contributed by atoms with E-state index in [1.807, 2.05) is 31.2 Å². The van der Waals surface area contributed by atoms with E-state index >= 15 is 0 Å². The molecule has 2 rings (SSSR count). The van der Waals surface area contributed by atoms with Crippen molar-refractivity contribution < 1.29 is 4.79 Å². The van der Waals surface area contributed by atoms with Crippen molar-refractivity contribution in [3.8, 4) is 0 Å². The zero-order valence-corrected chi connectivity index (χ0v) is 10.4. The average Bonchev–Trinajstić information content (AvgIpc) is 2.40. The minimum absolute atomic E-state index is 0.0200. The van der Waals surface area contributed by atoms with E-state index in [9.17, 15) is 4.79 Å². The number of pyridine rings is 1. The molecule has 0 aliphatic heterocycles. The second-order valence-electron chi connectivity index (χ2n) is 4.27. The van der Waals surface area contributed by atoms with Crippen molar-refractivity contribution in [1.29, 1.82) is 0 Å². The Bertz CT molecular complexity index is 549. The molecule has 0 saturated carbocycles. The van der Waals surface area contributed by atoms with E-state index in [-0.39, 0.29) is 11.8 Å². The van der Waals surface area contributed by atoms with Crippen molar-refractivity contribution >= 4 is 22.4 Å². The molecule has 18 heavy (non-hydrogen) atoms. The van der Waals surface area contributed by atoms with E-state index in [1.54, 1.807) is 12.4 Å². The number of hydrogen-bond donors (Lipinski definition) is 2. The number of nitrogens with two attached hydrogens (primary N) is 1. The van der Waals surface area contributed by atoms with Crippen LogP contribution in [0.2, 0.25) is 0 Å². The monoisotopic (exact) mass is 243 g/mol. The Morgan fingerprint density at radius 1 is 1.39 bits per heavy atom. The van der Waals surface area contributed by atoms with Crippen LogP contribution in [0.25, 0.3) is 10.8 Å². The van der Waals surface area contributed by atoms with Gasteiger partial charge in [0.15, 0.2) is 0 Å². The molecule has 1 amide bonds. The zero-order chi connectivity index (χ0) is 13.0. The standard InChI is InChI=1S/C14H17N3O/c1-2-10(8-15)14(18)17-13-4-3-12-9-16-6-5-11(12)7-13/h3-7,9-10H,2,8,15H2,1H3,(H,17,18)/t10-/m1/s1. The number of amides is 1. The topological polar surface area (TPSA) is 68.0 Å². The molecule has 1 heterocycles. The summed E-state index contributed by atoms with van der Waals surface area (Å²) in [5.74, 6) is -0.147. The van der Waals surface area contributed by atoms with E-state index in [1.165, 1.54) is 0 Å². The SMILES string of the molecule is CC[C@H](CN)C(=O)Nc1ccc2cnccc2c1. The minimum atomic E-state index is -0.127. The molecule has 3 N–H and O–H groups in total. The van der Waals surface area contributed by atoms with Gasteiger partial charge in [-0.25, -0.2) is 0 Å². The van der Waals surface area contributed by atoms with Gasteiger partial charge in [0.25, 0.3) is 0 Å². The quantitative estimate of drug-likeness (QED) is 0.864. The van der Waals surface area contributed by atoms with Crippen LogP contribution >= 0.6 is 0 Å². The van der Waals surface area contributed by atoms with Gasteiger partial charge in [-0.1, -0.05) is 13.0 Å². The lowest BCUT2D eigenvalue weighted by Gasteiger charge is -2.13. The smallest absolute Gasteiger partial charge is 0.228 e. The predicted molar refractivity (Wildman–Crippen MR) is 73.2 cm³/mol. The fourth-order valence-corrected chi connectivity index (χ4v) is 1.86. The van der Waals surface area contributed by atoms with Crippen LogP contribution in [-0.4, -0.2) is 17.4 Å². The molecular weight excluding hydrogens is 226 g/mol. The summed E-state index contributed by atoms with van der Waals surface area (Å²) in [5, 5.41) is 5.01. The lowest BCUT2D eigenvalue weighted by atomic mass is 10.1. The van der Waals surface area contributed by atoms with Crippen LogP contribution in [0.3, 0.4) is 0 Å². The van der Waals surface area contributed by atoms with Gasteiger partial charge in [-0.05, 0) is 30.0 Å². The van der Waals surface area contributed by atoms with Gasteiger partial charge in [-0.2, -0.15) is 0 Å². The summed E-state index contributed by atoms with van der Waals surface area (Å²) in [5.41, 5.74) is 6.36. The number of nitrogens with zero attached hydrogens (tertiary/aromatic N) is 1. The molecule has 0 fully saturated rings. The maximum atomic E-state index is 11.9. The molecule has 0 spiro atoms. The first-order chi connectivity index (χ1) is 8.74. The Morgan fingerprint density at radius 3 is 2.94 bits per heavy atom. The van der Waals surface area contributed by atoms with Crippen LogP contribution in [0.4, 0.5) is 5.69 Å². The number of fused-ring (bicyclic) bond motifs is 1. The first-order valence-electron chi connectivity index (χ1n) is 6.09. The molecule has 2 aromatic rings. The molecule has 94 valence electrons. The van der Waals surface area contributed by atoms with Gasteiger partial charge < -0.3 is 11.1 Å². The summed E-state index contributed by atoms with van der Waals surface area (Å²) < 4.78 is 0. The summed E-state index contributed by atoms with van der Waals surface area (Å²) in [7, 11) is 0. The van der Waals surface area contributed by atoms with Crippen LogP contribution in [0.1, 0.15) is 13.3 Å². The second kappa shape index (κ2) is 5.60. The molecule has 1 aromatic heterocycles. The van der Waals surface area contributed by atoms with Crippen molar-refractivity contribution in [2.75, 3.05) is 11.9 Å². The third-order valence-corrected chi connectivity index (χ3v) is 3.06. The highest BCUT2D eigenvalue weighted by atomic mass is 16.1. The van der Waals surface area contributed by atoms with E-state index < -0.39 is 0 Å². The second-order valence-corrected chi connectivity index (χ2v) is 4.27. The molecule has 0 radical (unpaired) electrons. The van der Waals surface area contributed by atoms with Crippen LogP contribution < -0.4 is 11.1 Å². The number of benzene rings is 1. The van der Waals surface area contributed by atoms with Gasteiger partial charge in [-0.3, -0.25) is 9.78 Å². The third kappa shape index (κ3) is 2.65.